The van der Waals surface area contributed by atoms with Gasteiger partial charge in [0.25, 0.3) is 0 Å². The molecule has 0 unspecified atom stereocenters. The van der Waals surface area contributed by atoms with E-state index in [1.54, 1.807) is 0 Å². The lowest BCUT2D eigenvalue weighted by Crippen LogP contribution is -2.23. The van der Waals surface area contributed by atoms with E-state index in [1.165, 1.54) is 18.4 Å². The molecule has 1 N–H and O–H groups in total. The van der Waals surface area contributed by atoms with Gasteiger partial charge in [-0.25, -0.2) is 0 Å². The lowest BCUT2D eigenvalue weighted by molar-refractivity contribution is -0.0164. The second-order valence-corrected chi connectivity index (χ2v) is 7.13. The van der Waals surface area contributed by atoms with Crippen molar-refractivity contribution < 1.29 is 9.47 Å². The van der Waals surface area contributed by atoms with Crippen LogP contribution in [0.4, 0.5) is 0 Å². The number of nitrogens with one attached hydrogen (secondary N) is 1. The van der Waals surface area contributed by atoms with Crippen LogP contribution in [-0.4, -0.2) is 24.9 Å². The smallest absolute Gasteiger partial charge is 0.123 e. The van der Waals surface area contributed by atoms with E-state index >= 15 is 0 Å². The predicted molar refractivity (Wildman–Crippen MR) is 85.2 cm³/mol. The zero-order valence-corrected chi connectivity index (χ0v) is 14.1. The average molecular weight is 342 g/mol. The van der Waals surface area contributed by atoms with Crippen molar-refractivity contribution in [2.75, 3.05) is 13.2 Å². The Morgan fingerprint density at radius 1 is 1.25 bits per heavy atom. The summed E-state index contributed by atoms with van der Waals surface area (Å²) in [6.45, 7) is 8.21. The van der Waals surface area contributed by atoms with E-state index < -0.39 is 0 Å². The van der Waals surface area contributed by atoms with Crippen molar-refractivity contribution in [1.82, 2.24) is 5.32 Å². The highest BCUT2D eigenvalue weighted by atomic mass is 79.9. The van der Waals surface area contributed by atoms with Crippen LogP contribution in [0.3, 0.4) is 0 Å². The van der Waals surface area contributed by atoms with Crippen molar-refractivity contribution in [2.45, 2.75) is 51.8 Å². The lowest BCUT2D eigenvalue weighted by Gasteiger charge is -2.20. The highest BCUT2D eigenvalue weighted by Crippen LogP contribution is 2.25. The first-order chi connectivity index (χ1) is 9.44. The third-order valence-corrected chi connectivity index (χ3v) is 3.55. The van der Waals surface area contributed by atoms with Crippen LogP contribution in [0.2, 0.25) is 0 Å². The first-order valence-corrected chi connectivity index (χ1v) is 8.02. The highest BCUT2D eigenvalue weighted by molar-refractivity contribution is 9.10. The molecule has 1 aliphatic carbocycles. The molecule has 20 heavy (non-hydrogen) atoms. The third kappa shape index (κ3) is 5.81. The quantitative estimate of drug-likeness (QED) is 0.763. The van der Waals surface area contributed by atoms with Crippen molar-refractivity contribution in [3.05, 3.63) is 28.2 Å². The SMILES string of the molecule is CC(C)(C)OCCOc1ccc(Br)cc1CNC1CC1. The van der Waals surface area contributed by atoms with Crippen LogP contribution in [0.5, 0.6) is 5.75 Å². The number of ether oxygens (including phenoxy) is 2. The van der Waals surface area contributed by atoms with Gasteiger partial charge in [-0.3, -0.25) is 0 Å². The molecule has 1 aromatic rings. The zero-order valence-electron chi connectivity index (χ0n) is 12.5. The minimum atomic E-state index is -0.112. The molecule has 0 radical (unpaired) electrons. The minimum Gasteiger partial charge on any atom is -0.491 e. The monoisotopic (exact) mass is 341 g/mol. The number of hydrogen-bond donors (Lipinski definition) is 1. The van der Waals surface area contributed by atoms with Gasteiger partial charge >= 0.3 is 0 Å². The minimum absolute atomic E-state index is 0.112. The molecule has 112 valence electrons. The molecule has 2 rings (SSSR count). The molecule has 4 heteroatoms. The highest BCUT2D eigenvalue weighted by Gasteiger charge is 2.20. The Kier molecular flexibility index (Phi) is 5.47. The molecule has 1 aromatic carbocycles. The van der Waals surface area contributed by atoms with E-state index in [0.717, 1.165) is 16.8 Å². The molecule has 0 atom stereocenters. The molecule has 0 spiro atoms. The Bertz CT molecular complexity index is 439. The van der Waals surface area contributed by atoms with Crippen LogP contribution < -0.4 is 10.1 Å². The second-order valence-electron chi connectivity index (χ2n) is 6.22. The Morgan fingerprint density at radius 3 is 2.65 bits per heavy atom. The second kappa shape index (κ2) is 6.92. The van der Waals surface area contributed by atoms with Gasteiger partial charge in [0, 0.05) is 22.6 Å². The molecule has 0 amide bonds. The van der Waals surface area contributed by atoms with Crippen molar-refractivity contribution >= 4 is 15.9 Å². The zero-order chi connectivity index (χ0) is 14.6. The van der Waals surface area contributed by atoms with Crippen LogP contribution in [0.1, 0.15) is 39.2 Å². The Morgan fingerprint density at radius 2 is 2.00 bits per heavy atom. The maximum absolute atomic E-state index is 5.85. The number of halogens is 1. The molecular formula is C16H24BrNO2. The number of benzene rings is 1. The summed E-state index contributed by atoms with van der Waals surface area (Å²) in [5.74, 6) is 0.943. The summed E-state index contributed by atoms with van der Waals surface area (Å²) in [5, 5.41) is 3.52. The van der Waals surface area contributed by atoms with Gasteiger partial charge in [0.05, 0.1) is 12.2 Å². The van der Waals surface area contributed by atoms with Crippen LogP contribution in [0.25, 0.3) is 0 Å². The Hall–Kier alpha value is -0.580. The fraction of sp³-hybridized carbons (Fsp3) is 0.625. The summed E-state index contributed by atoms with van der Waals surface area (Å²) in [4.78, 5) is 0. The molecular weight excluding hydrogens is 318 g/mol. The molecule has 0 saturated heterocycles. The third-order valence-electron chi connectivity index (χ3n) is 3.06. The summed E-state index contributed by atoms with van der Waals surface area (Å²) in [6, 6.07) is 6.85. The normalized spacial score (nSPS) is 15.4. The summed E-state index contributed by atoms with van der Waals surface area (Å²) in [5.41, 5.74) is 1.08. The first kappa shape index (κ1) is 15.8. The molecule has 0 aliphatic heterocycles. The van der Waals surface area contributed by atoms with Crippen molar-refractivity contribution in [2.24, 2.45) is 0 Å². The Labute approximate surface area is 130 Å². The largest absolute Gasteiger partial charge is 0.491 e. The van der Waals surface area contributed by atoms with Crippen molar-refractivity contribution in [3.8, 4) is 5.75 Å². The average Bonchev–Trinajstić information content (AvgIpc) is 3.16. The summed E-state index contributed by atoms with van der Waals surface area (Å²) in [7, 11) is 0. The van der Waals surface area contributed by atoms with Crippen LogP contribution in [0, 0.1) is 0 Å². The van der Waals surface area contributed by atoms with Gasteiger partial charge in [-0.05, 0) is 51.8 Å². The van der Waals surface area contributed by atoms with Gasteiger partial charge in [-0.1, -0.05) is 15.9 Å². The molecule has 0 heterocycles. The van der Waals surface area contributed by atoms with Gasteiger partial charge in [0.2, 0.25) is 0 Å². The summed E-state index contributed by atoms with van der Waals surface area (Å²) >= 11 is 3.52. The molecule has 3 nitrogen and oxygen atoms in total. The van der Waals surface area contributed by atoms with Gasteiger partial charge in [0.1, 0.15) is 12.4 Å². The van der Waals surface area contributed by atoms with Crippen LogP contribution in [-0.2, 0) is 11.3 Å². The fourth-order valence-corrected chi connectivity index (χ4v) is 2.28. The summed E-state index contributed by atoms with van der Waals surface area (Å²) in [6.07, 6.45) is 2.59. The predicted octanol–water partition coefficient (Wildman–Crippen LogP) is 3.90. The molecule has 1 fully saturated rings. The van der Waals surface area contributed by atoms with E-state index in [4.69, 9.17) is 9.47 Å². The Balaban J connectivity index is 1.85. The van der Waals surface area contributed by atoms with Crippen LogP contribution in [0.15, 0.2) is 22.7 Å². The molecule has 0 aromatic heterocycles. The molecule has 1 aliphatic rings. The van der Waals surface area contributed by atoms with Crippen LogP contribution >= 0.6 is 15.9 Å². The first-order valence-electron chi connectivity index (χ1n) is 7.22. The standard InChI is InChI=1S/C16H24BrNO2/c1-16(2,3)20-9-8-19-15-7-4-13(17)10-12(15)11-18-14-5-6-14/h4,7,10,14,18H,5-6,8-9,11H2,1-3H3. The topological polar surface area (TPSA) is 30.5 Å². The van der Waals surface area contributed by atoms with Gasteiger partial charge in [-0.2, -0.15) is 0 Å². The van der Waals surface area contributed by atoms with Crippen molar-refractivity contribution in [3.63, 3.8) is 0 Å². The maximum Gasteiger partial charge on any atom is 0.123 e. The van der Waals surface area contributed by atoms with E-state index in [0.29, 0.717) is 19.3 Å². The van der Waals surface area contributed by atoms with E-state index in [9.17, 15) is 0 Å². The summed E-state index contributed by atoms with van der Waals surface area (Å²) < 4.78 is 12.6. The number of rotatable bonds is 7. The van der Waals surface area contributed by atoms with E-state index in [1.807, 2.05) is 12.1 Å². The van der Waals surface area contributed by atoms with Gasteiger partial charge in [-0.15, -0.1) is 0 Å². The van der Waals surface area contributed by atoms with Gasteiger partial charge < -0.3 is 14.8 Å². The van der Waals surface area contributed by atoms with Gasteiger partial charge in [0.15, 0.2) is 0 Å². The fourth-order valence-electron chi connectivity index (χ4n) is 1.87. The molecule has 1 saturated carbocycles. The molecule has 0 bridgehead atoms. The lowest BCUT2D eigenvalue weighted by atomic mass is 10.2. The van der Waals surface area contributed by atoms with E-state index in [2.05, 4.69) is 48.1 Å². The van der Waals surface area contributed by atoms with E-state index in [-0.39, 0.29) is 5.60 Å². The van der Waals surface area contributed by atoms with Crippen molar-refractivity contribution in [1.29, 1.82) is 0 Å². The number of hydrogen-bond acceptors (Lipinski definition) is 3. The maximum atomic E-state index is 5.85.